The Hall–Kier alpha value is -2.63. The first-order chi connectivity index (χ1) is 12.2. The van der Waals surface area contributed by atoms with Crippen molar-refractivity contribution in [2.24, 2.45) is 5.92 Å². The second-order valence-electron chi connectivity index (χ2n) is 6.82. The zero-order chi connectivity index (χ0) is 17.2. The molecule has 1 aliphatic rings. The number of furan rings is 1. The summed E-state index contributed by atoms with van der Waals surface area (Å²) in [5.74, 6) is 1.98. The van der Waals surface area contributed by atoms with Crippen LogP contribution in [-0.2, 0) is 0 Å². The Morgan fingerprint density at radius 2 is 2.12 bits per heavy atom. The van der Waals surface area contributed by atoms with Crippen LogP contribution in [0.25, 0.3) is 5.65 Å². The van der Waals surface area contributed by atoms with Crippen molar-refractivity contribution >= 4 is 11.6 Å². The van der Waals surface area contributed by atoms with E-state index in [4.69, 9.17) is 4.42 Å². The van der Waals surface area contributed by atoms with E-state index < -0.39 is 0 Å². The van der Waals surface area contributed by atoms with E-state index in [2.05, 4.69) is 21.4 Å². The van der Waals surface area contributed by atoms with Gasteiger partial charge in [0.25, 0.3) is 5.91 Å². The molecule has 0 bridgehead atoms. The summed E-state index contributed by atoms with van der Waals surface area (Å²) >= 11 is 0. The zero-order valence-corrected chi connectivity index (χ0v) is 14.3. The summed E-state index contributed by atoms with van der Waals surface area (Å²) in [6, 6.07) is 5.91. The highest BCUT2D eigenvalue weighted by atomic mass is 16.3. The van der Waals surface area contributed by atoms with Gasteiger partial charge >= 0.3 is 0 Å². The number of aryl methyl sites for hydroxylation is 1. The molecule has 1 fully saturated rings. The Balaban J connectivity index is 1.34. The van der Waals surface area contributed by atoms with E-state index >= 15 is 0 Å². The largest absolute Gasteiger partial charge is 0.469 e. The molecule has 6 heteroatoms. The molecule has 0 spiro atoms. The third kappa shape index (κ3) is 3.16. The molecule has 130 valence electrons. The Morgan fingerprint density at radius 3 is 2.88 bits per heavy atom. The number of aromatic nitrogens is 3. The molecule has 0 saturated heterocycles. The van der Waals surface area contributed by atoms with Gasteiger partial charge in [-0.15, -0.1) is 0 Å². The molecular weight excluding hydrogens is 316 g/mol. The van der Waals surface area contributed by atoms with E-state index in [1.54, 1.807) is 18.8 Å². The van der Waals surface area contributed by atoms with Gasteiger partial charge in [-0.3, -0.25) is 9.20 Å². The third-order valence-electron chi connectivity index (χ3n) is 5.19. The first-order valence-electron chi connectivity index (χ1n) is 8.82. The lowest BCUT2D eigenvalue weighted by atomic mass is 9.81. The highest BCUT2D eigenvalue weighted by Crippen LogP contribution is 2.35. The van der Waals surface area contributed by atoms with Gasteiger partial charge in [0.15, 0.2) is 11.3 Å². The van der Waals surface area contributed by atoms with Gasteiger partial charge in [-0.05, 0) is 56.7 Å². The third-order valence-corrected chi connectivity index (χ3v) is 5.19. The van der Waals surface area contributed by atoms with Crippen LogP contribution < -0.4 is 5.32 Å². The Kier molecular flexibility index (Phi) is 4.26. The summed E-state index contributed by atoms with van der Waals surface area (Å²) in [5.41, 5.74) is 2.01. The number of amides is 1. The second kappa shape index (κ2) is 6.70. The smallest absolute Gasteiger partial charge is 0.273 e. The van der Waals surface area contributed by atoms with E-state index in [0.29, 0.717) is 29.7 Å². The molecule has 3 heterocycles. The predicted octanol–water partition coefficient (Wildman–Crippen LogP) is 3.33. The first kappa shape index (κ1) is 15.9. The number of hydrogen-bond donors (Lipinski definition) is 1. The molecule has 0 unspecified atom stereocenters. The van der Waals surface area contributed by atoms with Crippen LogP contribution in [0.4, 0.5) is 0 Å². The quantitative estimate of drug-likeness (QED) is 0.792. The standard InChI is InChI=1S/C19H22N4O2/c1-13-8-9-20-18-17(22-12-23(13)18)19(24)21-11-14-4-6-15(7-5-14)16-3-2-10-25-16/h2-3,8-10,12,14-15H,4-7,11H2,1H3,(H,21,24). The number of imidazole rings is 1. The zero-order valence-electron chi connectivity index (χ0n) is 14.3. The lowest BCUT2D eigenvalue weighted by Crippen LogP contribution is -2.31. The summed E-state index contributed by atoms with van der Waals surface area (Å²) in [4.78, 5) is 21.0. The summed E-state index contributed by atoms with van der Waals surface area (Å²) in [6.07, 6.45) is 9.54. The molecule has 0 atom stereocenters. The number of rotatable bonds is 4. The van der Waals surface area contributed by atoms with Gasteiger partial charge in [-0.2, -0.15) is 0 Å². The minimum absolute atomic E-state index is 0.145. The Labute approximate surface area is 146 Å². The predicted molar refractivity (Wildman–Crippen MR) is 93.5 cm³/mol. The van der Waals surface area contributed by atoms with E-state index in [1.165, 1.54) is 0 Å². The maximum Gasteiger partial charge on any atom is 0.273 e. The van der Waals surface area contributed by atoms with Crippen molar-refractivity contribution in [1.82, 2.24) is 19.7 Å². The molecule has 25 heavy (non-hydrogen) atoms. The van der Waals surface area contributed by atoms with Crippen molar-refractivity contribution < 1.29 is 9.21 Å². The van der Waals surface area contributed by atoms with Gasteiger partial charge in [0, 0.05) is 24.4 Å². The number of nitrogens with zero attached hydrogens (tertiary/aromatic N) is 3. The maximum atomic E-state index is 12.5. The molecular formula is C19H22N4O2. The highest BCUT2D eigenvalue weighted by molar-refractivity contribution is 5.97. The monoisotopic (exact) mass is 338 g/mol. The van der Waals surface area contributed by atoms with Crippen LogP contribution in [0.15, 0.2) is 41.4 Å². The number of carbonyl (C=O) groups is 1. The van der Waals surface area contributed by atoms with Crippen LogP contribution in [0.1, 0.15) is 53.5 Å². The highest BCUT2D eigenvalue weighted by Gasteiger charge is 2.25. The topological polar surface area (TPSA) is 72.4 Å². The number of carbonyl (C=O) groups excluding carboxylic acids is 1. The summed E-state index contributed by atoms with van der Waals surface area (Å²) in [7, 11) is 0. The van der Waals surface area contributed by atoms with E-state index in [1.807, 2.05) is 23.5 Å². The summed E-state index contributed by atoms with van der Waals surface area (Å²) < 4.78 is 7.36. The van der Waals surface area contributed by atoms with Crippen molar-refractivity contribution in [3.8, 4) is 0 Å². The fraction of sp³-hybridized carbons (Fsp3) is 0.421. The Bertz CT molecular complexity index is 861. The molecule has 3 aromatic heterocycles. The van der Waals surface area contributed by atoms with Crippen LogP contribution in [0, 0.1) is 12.8 Å². The summed E-state index contributed by atoms with van der Waals surface area (Å²) in [6.45, 7) is 2.66. The van der Waals surface area contributed by atoms with Gasteiger partial charge in [0.05, 0.1) is 6.26 Å². The first-order valence-corrected chi connectivity index (χ1v) is 8.82. The molecule has 1 saturated carbocycles. The lowest BCUT2D eigenvalue weighted by molar-refractivity contribution is 0.0939. The van der Waals surface area contributed by atoms with Crippen molar-refractivity contribution in [3.63, 3.8) is 0 Å². The molecule has 1 aliphatic carbocycles. The van der Waals surface area contributed by atoms with Gasteiger partial charge in [-0.25, -0.2) is 9.97 Å². The van der Waals surface area contributed by atoms with Crippen LogP contribution in [0.5, 0.6) is 0 Å². The molecule has 0 radical (unpaired) electrons. The van der Waals surface area contributed by atoms with Gasteiger partial charge in [0.2, 0.25) is 0 Å². The van der Waals surface area contributed by atoms with E-state index in [-0.39, 0.29) is 5.91 Å². The fourth-order valence-electron chi connectivity index (χ4n) is 3.68. The fourth-order valence-corrected chi connectivity index (χ4v) is 3.68. The molecule has 0 aromatic carbocycles. The number of hydrogen-bond acceptors (Lipinski definition) is 4. The normalized spacial score (nSPS) is 20.7. The molecule has 0 aliphatic heterocycles. The van der Waals surface area contributed by atoms with Gasteiger partial charge in [-0.1, -0.05) is 0 Å². The van der Waals surface area contributed by atoms with Crippen molar-refractivity contribution in [3.05, 3.63) is 54.1 Å². The molecule has 1 amide bonds. The van der Waals surface area contributed by atoms with Crippen molar-refractivity contribution in [2.75, 3.05) is 6.54 Å². The van der Waals surface area contributed by atoms with Crippen LogP contribution in [0.3, 0.4) is 0 Å². The van der Waals surface area contributed by atoms with E-state index in [0.717, 1.165) is 37.1 Å². The van der Waals surface area contributed by atoms with Crippen molar-refractivity contribution in [2.45, 2.75) is 38.5 Å². The molecule has 3 aromatic rings. The molecule has 6 nitrogen and oxygen atoms in total. The molecule has 4 rings (SSSR count). The lowest BCUT2D eigenvalue weighted by Gasteiger charge is -2.27. The Morgan fingerprint density at radius 1 is 1.28 bits per heavy atom. The van der Waals surface area contributed by atoms with Crippen LogP contribution >= 0.6 is 0 Å². The second-order valence-corrected chi connectivity index (χ2v) is 6.82. The molecule has 1 N–H and O–H groups in total. The van der Waals surface area contributed by atoms with Crippen LogP contribution in [0.2, 0.25) is 0 Å². The SMILES string of the molecule is Cc1ccnc2c(C(=O)NCC3CCC(c4ccco4)CC3)ncn12. The maximum absolute atomic E-state index is 12.5. The minimum Gasteiger partial charge on any atom is -0.469 e. The average Bonchev–Trinajstić information content (AvgIpc) is 3.30. The van der Waals surface area contributed by atoms with E-state index in [9.17, 15) is 4.79 Å². The van der Waals surface area contributed by atoms with Gasteiger partial charge in [0.1, 0.15) is 12.1 Å². The average molecular weight is 338 g/mol. The van der Waals surface area contributed by atoms with Crippen LogP contribution in [-0.4, -0.2) is 26.8 Å². The van der Waals surface area contributed by atoms with Crippen molar-refractivity contribution in [1.29, 1.82) is 0 Å². The minimum atomic E-state index is -0.145. The van der Waals surface area contributed by atoms with Gasteiger partial charge < -0.3 is 9.73 Å². The number of fused-ring (bicyclic) bond motifs is 1. The summed E-state index contributed by atoms with van der Waals surface area (Å²) in [5, 5.41) is 3.04. The number of nitrogens with one attached hydrogen (secondary N) is 1.